The topological polar surface area (TPSA) is 50.4 Å². The maximum absolute atomic E-state index is 11.8. The van der Waals surface area contributed by atoms with Crippen LogP contribution < -0.4 is 15.4 Å². The third-order valence-corrected chi connectivity index (χ3v) is 3.02. The smallest absolute Gasteiger partial charge is 0.250 e. The summed E-state index contributed by atoms with van der Waals surface area (Å²) in [7, 11) is 1.61. The Kier molecular flexibility index (Phi) is 5.68. The summed E-state index contributed by atoms with van der Waals surface area (Å²) < 4.78 is 5.08. The molecular weight excluding hydrogens is 296 g/mol. The predicted molar refractivity (Wildman–Crippen MR) is 92.8 cm³/mol. The molecule has 0 fully saturated rings. The van der Waals surface area contributed by atoms with Gasteiger partial charge in [0, 0.05) is 11.8 Å². The van der Waals surface area contributed by atoms with Crippen molar-refractivity contribution in [2.75, 3.05) is 12.4 Å². The number of hydrogen-bond donors (Lipinski definition) is 2. The van der Waals surface area contributed by atoms with Gasteiger partial charge in [-0.05, 0) is 48.1 Å². The SMILES string of the molecule is COc1ccc(C=CC(=O)NC(=S)Nc2ccccc2)cc1. The summed E-state index contributed by atoms with van der Waals surface area (Å²) in [6, 6.07) is 16.8. The number of methoxy groups -OCH3 is 1. The lowest BCUT2D eigenvalue weighted by Crippen LogP contribution is -2.32. The number of carbonyl (C=O) groups is 1. The first kappa shape index (κ1) is 15.7. The van der Waals surface area contributed by atoms with Crippen LogP contribution in [0.1, 0.15) is 5.56 Å². The van der Waals surface area contributed by atoms with Crippen LogP contribution in [-0.4, -0.2) is 18.1 Å². The van der Waals surface area contributed by atoms with E-state index in [1.807, 2.05) is 54.6 Å². The highest BCUT2D eigenvalue weighted by Crippen LogP contribution is 2.12. The molecule has 2 aromatic carbocycles. The summed E-state index contributed by atoms with van der Waals surface area (Å²) in [6.07, 6.45) is 3.14. The molecule has 4 nitrogen and oxygen atoms in total. The summed E-state index contributed by atoms with van der Waals surface area (Å²) in [5.41, 5.74) is 1.73. The van der Waals surface area contributed by atoms with Crippen LogP contribution in [0.3, 0.4) is 0 Å². The number of amides is 1. The summed E-state index contributed by atoms with van der Waals surface area (Å²) in [4.78, 5) is 11.8. The first-order chi connectivity index (χ1) is 10.7. The van der Waals surface area contributed by atoms with Crippen LogP contribution in [0.4, 0.5) is 5.69 Å². The second-order valence-corrected chi connectivity index (χ2v) is 4.82. The van der Waals surface area contributed by atoms with E-state index in [1.165, 1.54) is 6.08 Å². The molecule has 0 saturated heterocycles. The monoisotopic (exact) mass is 312 g/mol. The average molecular weight is 312 g/mol. The molecule has 0 radical (unpaired) electrons. The number of benzene rings is 2. The maximum atomic E-state index is 11.8. The highest BCUT2D eigenvalue weighted by Gasteiger charge is 2.01. The van der Waals surface area contributed by atoms with E-state index in [2.05, 4.69) is 10.6 Å². The van der Waals surface area contributed by atoms with E-state index in [9.17, 15) is 4.79 Å². The number of rotatable bonds is 4. The fraction of sp³-hybridized carbons (Fsp3) is 0.0588. The van der Waals surface area contributed by atoms with Gasteiger partial charge in [-0.1, -0.05) is 30.3 Å². The Morgan fingerprint density at radius 1 is 1.09 bits per heavy atom. The third-order valence-electron chi connectivity index (χ3n) is 2.81. The molecule has 0 heterocycles. The van der Waals surface area contributed by atoms with Gasteiger partial charge in [0.1, 0.15) is 5.75 Å². The second kappa shape index (κ2) is 7.95. The molecule has 0 bridgehead atoms. The van der Waals surface area contributed by atoms with E-state index in [0.29, 0.717) is 0 Å². The van der Waals surface area contributed by atoms with E-state index in [-0.39, 0.29) is 11.0 Å². The zero-order valence-electron chi connectivity index (χ0n) is 12.1. The molecule has 0 aliphatic heterocycles. The van der Waals surface area contributed by atoms with Gasteiger partial charge in [-0.15, -0.1) is 0 Å². The van der Waals surface area contributed by atoms with Crippen LogP contribution >= 0.6 is 12.2 Å². The van der Waals surface area contributed by atoms with E-state index < -0.39 is 0 Å². The largest absolute Gasteiger partial charge is 0.497 e. The minimum absolute atomic E-state index is 0.260. The van der Waals surface area contributed by atoms with Crippen molar-refractivity contribution in [1.29, 1.82) is 0 Å². The minimum atomic E-state index is -0.288. The number of para-hydroxylation sites is 1. The lowest BCUT2D eigenvalue weighted by Gasteiger charge is -2.07. The van der Waals surface area contributed by atoms with Crippen molar-refractivity contribution >= 4 is 35.0 Å². The van der Waals surface area contributed by atoms with Crippen molar-refractivity contribution in [3.05, 3.63) is 66.2 Å². The molecule has 0 saturated carbocycles. The molecule has 112 valence electrons. The molecule has 2 aromatic rings. The Morgan fingerprint density at radius 2 is 1.77 bits per heavy atom. The molecule has 0 spiro atoms. The molecule has 1 amide bonds. The van der Waals surface area contributed by atoms with Crippen molar-refractivity contribution < 1.29 is 9.53 Å². The third kappa shape index (κ3) is 5.03. The van der Waals surface area contributed by atoms with E-state index in [4.69, 9.17) is 17.0 Å². The quantitative estimate of drug-likeness (QED) is 0.672. The van der Waals surface area contributed by atoms with Crippen LogP contribution in [0.5, 0.6) is 5.75 Å². The number of nitrogens with one attached hydrogen (secondary N) is 2. The van der Waals surface area contributed by atoms with Crippen molar-refractivity contribution in [2.24, 2.45) is 0 Å². The van der Waals surface area contributed by atoms with E-state index in [0.717, 1.165) is 17.0 Å². The maximum Gasteiger partial charge on any atom is 0.250 e. The molecule has 0 aliphatic rings. The molecule has 22 heavy (non-hydrogen) atoms. The Hall–Kier alpha value is -2.66. The van der Waals surface area contributed by atoms with Gasteiger partial charge in [0.2, 0.25) is 5.91 Å². The number of thiocarbonyl (C=S) groups is 1. The Labute approximate surface area is 134 Å². The normalized spacial score (nSPS) is 10.2. The van der Waals surface area contributed by atoms with Crippen LogP contribution in [0.2, 0.25) is 0 Å². The van der Waals surface area contributed by atoms with Gasteiger partial charge in [-0.25, -0.2) is 0 Å². The highest BCUT2D eigenvalue weighted by atomic mass is 32.1. The summed E-state index contributed by atoms with van der Waals surface area (Å²) >= 11 is 5.08. The lowest BCUT2D eigenvalue weighted by molar-refractivity contribution is -0.115. The summed E-state index contributed by atoms with van der Waals surface area (Å²) in [6.45, 7) is 0. The second-order valence-electron chi connectivity index (χ2n) is 4.42. The average Bonchev–Trinajstić information content (AvgIpc) is 2.54. The Morgan fingerprint density at radius 3 is 2.41 bits per heavy atom. The van der Waals surface area contributed by atoms with E-state index in [1.54, 1.807) is 13.2 Å². The van der Waals surface area contributed by atoms with Gasteiger partial charge in [0.25, 0.3) is 0 Å². The van der Waals surface area contributed by atoms with Crippen LogP contribution in [0, 0.1) is 0 Å². The molecule has 0 unspecified atom stereocenters. The van der Waals surface area contributed by atoms with Gasteiger partial charge < -0.3 is 10.1 Å². The van der Waals surface area contributed by atoms with E-state index >= 15 is 0 Å². The zero-order chi connectivity index (χ0) is 15.8. The molecule has 5 heteroatoms. The number of carbonyl (C=O) groups excluding carboxylic acids is 1. The zero-order valence-corrected chi connectivity index (χ0v) is 12.9. The Balaban J connectivity index is 1.86. The van der Waals surface area contributed by atoms with Gasteiger partial charge in [-0.2, -0.15) is 0 Å². The number of anilines is 1. The highest BCUT2D eigenvalue weighted by molar-refractivity contribution is 7.80. The summed E-state index contributed by atoms with van der Waals surface area (Å²) in [5.74, 6) is 0.485. The standard InChI is InChI=1S/C17H16N2O2S/c1-21-15-10-7-13(8-11-15)9-12-16(20)19-17(22)18-14-5-3-2-4-6-14/h2-12H,1H3,(H2,18,19,20,22). The Bertz CT molecular complexity index is 667. The van der Waals surface area contributed by atoms with Crippen molar-refractivity contribution in [2.45, 2.75) is 0 Å². The van der Waals surface area contributed by atoms with Crippen molar-refractivity contribution in [1.82, 2.24) is 5.32 Å². The molecule has 2 rings (SSSR count). The van der Waals surface area contributed by atoms with Gasteiger partial charge in [0.05, 0.1) is 7.11 Å². The van der Waals surface area contributed by atoms with Crippen LogP contribution in [-0.2, 0) is 4.79 Å². The number of hydrogen-bond acceptors (Lipinski definition) is 3. The van der Waals surface area contributed by atoms with Crippen LogP contribution in [0.15, 0.2) is 60.7 Å². The molecule has 0 atom stereocenters. The first-order valence-corrected chi connectivity index (χ1v) is 7.07. The van der Waals surface area contributed by atoms with Gasteiger partial charge in [0.15, 0.2) is 5.11 Å². The predicted octanol–water partition coefficient (Wildman–Crippen LogP) is 3.22. The summed E-state index contributed by atoms with van der Waals surface area (Å²) in [5, 5.41) is 5.79. The van der Waals surface area contributed by atoms with Crippen molar-refractivity contribution in [3.8, 4) is 5.75 Å². The molecular formula is C17H16N2O2S. The first-order valence-electron chi connectivity index (χ1n) is 6.66. The number of ether oxygens (including phenoxy) is 1. The minimum Gasteiger partial charge on any atom is -0.497 e. The fourth-order valence-corrected chi connectivity index (χ4v) is 1.94. The molecule has 0 aliphatic carbocycles. The van der Waals surface area contributed by atoms with Crippen molar-refractivity contribution in [3.63, 3.8) is 0 Å². The van der Waals surface area contributed by atoms with Crippen LogP contribution in [0.25, 0.3) is 6.08 Å². The van der Waals surface area contributed by atoms with Gasteiger partial charge in [-0.3, -0.25) is 10.1 Å². The lowest BCUT2D eigenvalue weighted by atomic mass is 10.2. The molecule has 2 N–H and O–H groups in total. The van der Waals surface area contributed by atoms with Gasteiger partial charge >= 0.3 is 0 Å². The fourth-order valence-electron chi connectivity index (χ4n) is 1.72. The molecule has 0 aromatic heterocycles.